The highest BCUT2D eigenvalue weighted by Crippen LogP contribution is 2.35. The summed E-state index contributed by atoms with van der Waals surface area (Å²) in [6, 6.07) is 5.17. The molecule has 0 aromatic carbocycles. The van der Waals surface area contributed by atoms with E-state index in [4.69, 9.17) is 4.74 Å². The molecular formula is C19H23N7O. The number of rotatable bonds is 5. The quantitative estimate of drug-likeness (QED) is 0.805. The van der Waals surface area contributed by atoms with Gasteiger partial charge in [-0.25, -0.2) is 15.4 Å². The fourth-order valence-corrected chi connectivity index (χ4v) is 4.12. The first-order valence-electron chi connectivity index (χ1n) is 9.29. The monoisotopic (exact) mass is 365 g/mol. The van der Waals surface area contributed by atoms with E-state index < -0.39 is 0 Å². The molecule has 2 aromatic rings. The van der Waals surface area contributed by atoms with Crippen molar-refractivity contribution in [3.05, 3.63) is 48.2 Å². The lowest BCUT2D eigenvalue weighted by atomic mass is 9.87. The number of nitrogens with one attached hydrogen (secondary N) is 2. The Hall–Kier alpha value is -2.71. The molecular weight excluding hydrogens is 342 g/mol. The van der Waals surface area contributed by atoms with Gasteiger partial charge >= 0.3 is 0 Å². The molecule has 2 bridgehead atoms. The highest BCUT2D eigenvalue weighted by Gasteiger charge is 2.44. The predicted octanol–water partition coefficient (Wildman–Crippen LogP) is 0.792. The highest BCUT2D eigenvalue weighted by atomic mass is 16.5. The maximum atomic E-state index is 5.14. The first kappa shape index (κ1) is 16.5. The van der Waals surface area contributed by atoms with Gasteiger partial charge in [0.05, 0.1) is 25.2 Å². The number of nitrogens with zero attached hydrogens (tertiary/aromatic N) is 5. The molecule has 0 radical (unpaired) electrons. The van der Waals surface area contributed by atoms with Crippen molar-refractivity contribution in [1.82, 2.24) is 30.7 Å². The minimum absolute atomic E-state index is 0.568. The highest BCUT2D eigenvalue weighted by molar-refractivity contribution is 5.65. The molecule has 0 amide bonds. The molecule has 4 aliphatic rings. The number of anilines is 1. The van der Waals surface area contributed by atoms with E-state index in [1.165, 1.54) is 12.0 Å². The zero-order chi connectivity index (χ0) is 18.2. The van der Waals surface area contributed by atoms with Crippen LogP contribution in [0.25, 0.3) is 5.57 Å². The average Bonchev–Trinajstić information content (AvgIpc) is 3.27. The van der Waals surface area contributed by atoms with Crippen LogP contribution < -0.4 is 20.5 Å². The topological polar surface area (TPSA) is 78.4 Å². The number of piperazine rings is 1. The van der Waals surface area contributed by atoms with Crippen molar-refractivity contribution in [2.45, 2.75) is 25.0 Å². The van der Waals surface area contributed by atoms with Crippen molar-refractivity contribution in [3.8, 4) is 5.88 Å². The summed E-state index contributed by atoms with van der Waals surface area (Å²) < 4.78 is 5.14. The molecule has 3 saturated heterocycles. The molecule has 4 aliphatic heterocycles. The summed E-state index contributed by atoms with van der Waals surface area (Å²) >= 11 is 0. The number of fused-ring (bicyclic) bond motifs is 2. The summed E-state index contributed by atoms with van der Waals surface area (Å²) in [6.07, 6.45) is 8.88. The normalized spacial score (nSPS) is 24.2. The minimum atomic E-state index is 0.568. The molecule has 2 aromatic heterocycles. The molecule has 0 spiro atoms. The zero-order valence-corrected chi connectivity index (χ0v) is 15.3. The van der Waals surface area contributed by atoms with Crippen molar-refractivity contribution in [2.75, 3.05) is 31.6 Å². The number of hydrogen-bond donors (Lipinski definition) is 2. The summed E-state index contributed by atoms with van der Waals surface area (Å²) in [7, 11) is 1.64. The third kappa shape index (κ3) is 3.11. The molecule has 3 fully saturated rings. The van der Waals surface area contributed by atoms with Gasteiger partial charge in [0.25, 0.3) is 0 Å². The van der Waals surface area contributed by atoms with Crippen LogP contribution in [0, 0.1) is 0 Å². The fraction of sp³-hybridized carbons (Fsp3) is 0.421. The van der Waals surface area contributed by atoms with Crippen LogP contribution in [0.1, 0.15) is 17.7 Å². The minimum Gasteiger partial charge on any atom is -0.481 e. The summed E-state index contributed by atoms with van der Waals surface area (Å²) in [5.74, 6) is 1.63. The van der Waals surface area contributed by atoms with E-state index in [0.29, 0.717) is 18.0 Å². The third-order valence-electron chi connectivity index (χ3n) is 5.63. The second-order valence-corrected chi connectivity index (χ2v) is 7.26. The maximum Gasteiger partial charge on any atom is 0.212 e. The van der Waals surface area contributed by atoms with Crippen LogP contribution in [0.3, 0.4) is 0 Å². The van der Waals surface area contributed by atoms with Crippen LogP contribution in [0.2, 0.25) is 0 Å². The molecule has 2 atom stereocenters. The zero-order valence-electron chi connectivity index (χ0n) is 15.3. The molecule has 6 heterocycles. The lowest BCUT2D eigenvalue weighted by Crippen LogP contribution is -2.68. The van der Waals surface area contributed by atoms with Gasteiger partial charge in [-0.3, -0.25) is 9.88 Å². The van der Waals surface area contributed by atoms with Crippen LogP contribution in [0.4, 0.5) is 5.82 Å². The van der Waals surface area contributed by atoms with E-state index in [1.807, 2.05) is 30.9 Å². The molecule has 2 unspecified atom stereocenters. The summed E-state index contributed by atoms with van der Waals surface area (Å²) in [5, 5.41) is 0. The molecule has 140 valence electrons. The van der Waals surface area contributed by atoms with Gasteiger partial charge < -0.3 is 15.1 Å². The Morgan fingerprint density at radius 3 is 2.63 bits per heavy atom. The van der Waals surface area contributed by atoms with E-state index in [9.17, 15) is 0 Å². The van der Waals surface area contributed by atoms with Gasteiger partial charge in [-0.05, 0) is 12.0 Å². The number of aromatic nitrogens is 3. The molecule has 0 saturated carbocycles. The Balaban J connectivity index is 1.22. The van der Waals surface area contributed by atoms with Crippen molar-refractivity contribution >= 4 is 11.4 Å². The van der Waals surface area contributed by atoms with Crippen LogP contribution in [-0.4, -0.2) is 58.7 Å². The maximum absolute atomic E-state index is 5.14. The van der Waals surface area contributed by atoms with E-state index >= 15 is 0 Å². The van der Waals surface area contributed by atoms with Crippen LogP contribution in [0.15, 0.2) is 36.9 Å². The van der Waals surface area contributed by atoms with Gasteiger partial charge in [-0.1, -0.05) is 6.07 Å². The second kappa shape index (κ2) is 6.79. The van der Waals surface area contributed by atoms with Crippen molar-refractivity contribution < 1.29 is 4.74 Å². The number of hydrazine groups is 1. The first-order valence-corrected chi connectivity index (χ1v) is 9.29. The van der Waals surface area contributed by atoms with Crippen molar-refractivity contribution in [2.24, 2.45) is 0 Å². The Bertz CT molecular complexity index is 824. The largest absolute Gasteiger partial charge is 0.481 e. The van der Waals surface area contributed by atoms with Gasteiger partial charge in [-0.15, -0.1) is 0 Å². The Morgan fingerprint density at radius 1 is 1.11 bits per heavy atom. The predicted molar refractivity (Wildman–Crippen MR) is 102 cm³/mol. The molecule has 8 nitrogen and oxygen atoms in total. The lowest BCUT2D eigenvalue weighted by Gasteiger charge is -2.56. The van der Waals surface area contributed by atoms with Crippen molar-refractivity contribution in [1.29, 1.82) is 0 Å². The number of hydrogen-bond acceptors (Lipinski definition) is 8. The number of pyridine rings is 1. The number of ether oxygens (including phenoxy) is 1. The Morgan fingerprint density at radius 2 is 2.00 bits per heavy atom. The van der Waals surface area contributed by atoms with E-state index in [1.54, 1.807) is 7.11 Å². The molecule has 27 heavy (non-hydrogen) atoms. The SMILES string of the molecule is COc1ccc(CN2C3CC2CN(c2cnc(C4=CNNC4)cn2)C3)cn1. The van der Waals surface area contributed by atoms with Gasteiger partial charge in [0.2, 0.25) is 5.88 Å². The smallest absolute Gasteiger partial charge is 0.212 e. The third-order valence-corrected chi connectivity index (χ3v) is 5.63. The Labute approximate surface area is 158 Å². The van der Waals surface area contributed by atoms with Crippen LogP contribution >= 0.6 is 0 Å². The van der Waals surface area contributed by atoms with Crippen LogP contribution in [0.5, 0.6) is 5.88 Å². The van der Waals surface area contributed by atoms with Gasteiger partial charge in [0, 0.05) is 62.3 Å². The van der Waals surface area contributed by atoms with Crippen LogP contribution in [-0.2, 0) is 6.54 Å². The van der Waals surface area contributed by atoms with Gasteiger partial charge in [-0.2, -0.15) is 0 Å². The summed E-state index contributed by atoms with van der Waals surface area (Å²) in [5.41, 5.74) is 9.33. The second-order valence-electron chi connectivity index (χ2n) is 7.26. The lowest BCUT2D eigenvalue weighted by molar-refractivity contribution is -0.00879. The molecule has 8 heteroatoms. The average molecular weight is 365 g/mol. The standard InChI is InChI=1S/C19H23N7O/c1-27-19-3-2-13(5-22-19)10-26-15-4-16(26)12-25(11-15)18-9-20-17(8-21-18)14-6-23-24-7-14/h2-3,5-6,8-9,15-16,23-24H,4,7,10-12H2,1H3. The van der Waals surface area contributed by atoms with Gasteiger partial charge in [0.1, 0.15) is 5.82 Å². The summed E-state index contributed by atoms with van der Waals surface area (Å²) in [4.78, 5) is 18.5. The van der Waals surface area contributed by atoms with Gasteiger partial charge in [0.15, 0.2) is 0 Å². The summed E-state index contributed by atoms with van der Waals surface area (Å²) in [6.45, 7) is 3.72. The Kier molecular flexibility index (Phi) is 4.14. The number of methoxy groups -OCH3 is 1. The fourth-order valence-electron chi connectivity index (χ4n) is 4.12. The number of piperidine rings is 1. The molecule has 0 aliphatic carbocycles. The first-order chi connectivity index (χ1) is 13.3. The molecule has 6 rings (SSSR count). The molecule has 2 N–H and O–H groups in total. The van der Waals surface area contributed by atoms with E-state index in [-0.39, 0.29) is 0 Å². The van der Waals surface area contributed by atoms with Crippen molar-refractivity contribution in [3.63, 3.8) is 0 Å². The van der Waals surface area contributed by atoms with E-state index in [2.05, 4.69) is 41.7 Å². The van der Waals surface area contributed by atoms with E-state index in [0.717, 1.165) is 43.3 Å².